The van der Waals surface area contributed by atoms with Crippen LogP contribution >= 0.6 is 23.2 Å². The molecule has 0 spiro atoms. The predicted molar refractivity (Wildman–Crippen MR) is 86.6 cm³/mol. The van der Waals surface area contributed by atoms with E-state index in [1.54, 1.807) is 0 Å². The molecule has 2 aliphatic carbocycles. The van der Waals surface area contributed by atoms with Gasteiger partial charge < -0.3 is 5.32 Å². The van der Waals surface area contributed by atoms with E-state index in [1.165, 1.54) is 24.8 Å². The van der Waals surface area contributed by atoms with E-state index < -0.39 is 0 Å². The van der Waals surface area contributed by atoms with Crippen LogP contribution in [0.15, 0.2) is 18.2 Å². The average Bonchev–Trinajstić information content (AvgIpc) is 2.99. The zero-order chi connectivity index (χ0) is 14.3. The molecule has 20 heavy (non-hydrogen) atoms. The molecule has 110 valence electrons. The van der Waals surface area contributed by atoms with E-state index in [0.29, 0.717) is 11.5 Å². The topological polar surface area (TPSA) is 12.0 Å². The van der Waals surface area contributed by atoms with Crippen LogP contribution in [0.3, 0.4) is 0 Å². The molecule has 1 N–H and O–H groups in total. The van der Waals surface area contributed by atoms with Gasteiger partial charge in [0.2, 0.25) is 0 Å². The molecule has 2 atom stereocenters. The minimum Gasteiger partial charge on any atom is -0.314 e. The molecule has 0 heterocycles. The van der Waals surface area contributed by atoms with Gasteiger partial charge in [0.15, 0.2) is 0 Å². The molecule has 2 aliphatic rings. The van der Waals surface area contributed by atoms with Crippen molar-refractivity contribution in [3.8, 4) is 0 Å². The molecule has 2 saturated carbocycles. The highest BCUT2D eigenvalue weighted by molar-refractivity contribution is 6.35. The van der Waals surface area contributed by atoms with Gasteiger partial charge in [0.05, 0.1) is 0 Å². The van der Waals surface area contributed by atoms with Crippen molar-refractivity contribution in [1.29, 1.82) is 0 Å². The Morgan fingerprint density at radius 3 is 2.55 bits per heavy atom. The van der Waals surface area contributed by atoms with Gasteiger partial charge in [-0.25, -0.2) is 0 Å². The third kappa shape index (κ3) is 3.16. The quantitative estimate of drug-likeness (QED) is 0.811. The zero-order valence-corrected chi connectivity index (χ0v) is 13.8. The van der Waals surface area contributed by atoms with E-state index in [1.807, 2.05) is 12.1 Å². The first-order valence-electron chi connectivity index (χ1n) is 7.65. The van der Waals surface area contributed by atoms with E-state index in [0.717, 1.165) is 34.8 Å². The number of halogens is 2. The van der Waals surface area contributed by atoms with Crippen LogP contribution in [0.1, 0.15) is 38.7 Å². The average molecular weight is 312 g/mol. The van der Waals surface area contributed by atoms with Gasteiger partial charge in [0.25, 0.3) is 0 Å². The molecular weight excluding hydrogens is 289 g/mol. The van der Waals surface area contributed by atoms with Crippen LogP contribution in [-0.4, -0.2) is 12.6 Å². The Balaban J connectivity index is 1.76. The maximum Gasteiger partial charge on any atom is 0.0453 e. The highest BCUT2D eigenvalue weighted by Crippen LogP contribution is 2.60. The van der Waals surface area contributed by atoms with Crippen LogP contribution in [0.2, 0.25) is 10.0 Å². The van der Waals surface area contributed by atoms with Gasteiger partial charge in [-0.1, -0.05) is 43.1 Å². The molecular formula is C17H23Cl2N. The van der Waals surface area contributed by atoms with E-state index >= 15 is 0 Å². The first-order chi connectivity index (χ1) is 9.47. The fraction of sp³-hybridized carbons (Fsp3) is 0.647. The molecule has 2 unspecified atom stereocenters. The van der Waals surface area contributed by atoms with Gasteiger partial charge in [0.1, 0.15) is 0 Å². The Morgan fingerprint density at radius 1 is 1.25 bits per heavy atom. The molecule has 0 aromatic heterocycles. The predicted octanol–water partition coefficient (Wildman–Crippen LogP) is 4.95. The van der Waals surface area contributed by atoms with E-state index in [9.17, 15) is 0 Å². The lowest BCUT2D eigenvalue weighted by Gasteiger charge is -2.33. The molecule has 1 aromatic carbocycles. The third-order valence-corrected chi connectivity index (χ3v) is 5.51. The number of hydrogen-bond acceptors (Lipinski definition) is 1. The fourth-order valence-electron chi connectivity index (χ4n) is 3.85. The van der Waals surface area contributed by atoms with Crippen LogP contribution in [-0.2, 0) is 6.42 Å². The van der Waals surface area contributed by atoms with Gasteiger partial charge in [0, 0.05) is 22.6 Å². The Hall–Kier alpha value is -0.240. The summed E-state index contributed by atoms with van der Waals surface area (Å²) in [5, 5.41) is 5.20. The van der Waals surface area contributed by atoms with Crippen LogP contribution in [0.4, 0.5) is 0 Å². The van der Waals surface area contributed by atoms with Gasteiger partial charge in [-0.15, -0.1) is 0 Å². The summed E-state index contributed by atoms with van der Waals surface area (Å²) in [6, 6.07) is 6.48. The lowest BCUT2D eigenvalue weighted by Crippen LogP contribution is -2.38. The van der Waals surface area contributed by atoms with Gasteiger partial charge in [-0.05, 0) is 60.6 Å². The van der Waals surface area contributed by atoms with Gasteiger partial charge in [-0.2, -0.15) is 0 Å². The Morgan fingerprint density at radius 2 is 1.95 bits per heavy atom. The highest BCUT2D eigenvalue weighted by Gasteiger charge is 2.53. The van der Waals surface area contributed by atoms with E-state index in [2.05, 4.69) is 25.2 Å². The molecule has 1 aromatic rings. The van der Waals surface area contributed by atoms with Crippen molar-refractivity contribution in [2.24, 2.45) is 17.3 Å². The maximum atomic E-state index is 6.38. The lowest BCUT2D eigenvalue weighted by atomic mass is 9.77. The molecule has 0 bridgehead atoms. The number of hydrogen-bond donors (Lipinski definition) is 1. The second-order valence-corrected chi connectivity index (χ2v) is 7.96. The first-order valence-corrected chi connectivity index (χ1v) is 8.40. The standard InChI is InChI=1S/C17H23Cl2N/c1-11(2)20-10-17(8-13-5-14(13)9-17)7-12-3-4-15(18)6-16(12)19/h3-4,6,11,13-14,20H,5,7-10H2,1-2H3. The molecule has 3 heteroatoms. The van der Waals surface area contributed by atoms with E-state index in [4.69, 9.17) is 23.2 Å². The van der Waals surface area contributed by atoms with Crippen molar-refractivity contribution in [2.45, 2.75) is 45.6 Å². The Bertz CT molecular complexity index is 488. The summed E-state index contributed by atoms with van der Waals surface area (Å²) in [5.74, 6) is 1.96. The van der Waals surface area contributed by atoms with Crippen molar-refractivity contribution in [3.05, 3.63) is 33.8 Å². The molecule has 1 nitrogen and oxygen atoms in total. The smallest absolute Gasteiger partial charge is 0.0453 e. The van der Waals surface area contributed by atoms with Crippen molar-refractivity contribution in [2.75, 3.05) is 6.54 Å². The SMILES string of the molecule is CC(C)NCC1(Cc2ccc(Cl)cc2Cl)CC2CC2C1. The summed E-state index contributed by atoms with van der Waals surface area (Å²) in [5.41, 5.74) is 1.65. The largest absolute Gasteiger partial charge is 0.314 e. The summed E-state index contributed by atoms with van der Waals surface area (Å²) >= 11 is 12.4. The normalized spacial score (nSPS) is 31.6. The third-order valence-electron chi connectivity index (χ3n) is 4.93. The fourth-order valence-corrected chi connectivity index (χ4v) is 4.32. The maximum absolute atomic E-state index is 6.38. The number of rotatable bonds is 5. The van der Waals surface area contributed by atoms with Crippen molar-refractivity contribution in [3.63, 3.8) is 0 Å². The van der Waals surface area contributed by atoms with Crippen LogP contribution in [0, 0.1) is 17.3 Å². The molecule has 2 fully saturated rings. The van der Waals surface area contributed by atoms with E-state index in [-0.39, 0.29) is 0 Å². The molecule has 0 radical (unpaired) electrons. The van der Waals surface area contributed by atoms with Gasteiger partial charge >= 0.3 is 0 Å². The minimum absolute atomic E-state index is 0.398. The van der Waals surface area contributed by atoms with Crippen molar-refractivity contribution >= 4 is 23.2 Å². The lowest BCUT2D eigenvalue weighted by molar-refractivity contribution is 0.241. The molecule has 0 amide bonds. The Labute approximate surface area is 132 Å². The van der Waals surface area contributed by atoms with Crippen molar-refractivity contribution < 1.29 is 0 Å². The molecule has 0 saturated heterocycles. The second-order valence-electron chi connectivity index (χ2n) is 7.11. The number of fused-ring (bicyclic) bond motifs is 1. The summed E-state index contributed by atoms with van der Waals surface area (Å²) in [4.78, 5) is 0. The molecule has 3 rings (SSSR count). The number of benzene rings is 1. The minimum atomic E-state index is 0.398. The van der Waals surface area contributed by atoms with Crippen LogP contribution < -0.4 is 5.32 Å². The summed E-state index contributed by atoms with van der Waals surface area (Å²) < 4.78 is 0. The number of nitrogens with one attached hydrogen (secondary N) is 1. The summed E-state index contributed by atoms with van der Waals surface area (Å²) in [6.07, 6.45) is 5.25. The summed E-state index contributed by atoms with van der Waals surface area (Å²) in [6.45, 7) is 5.55. The molecule has 0 aliphatic heterocycles. The van der Waals surface area contributed by atoms with Crippen LogP contribution in [0.5, 0.6) is 0 Å². The zero-order valence-electron chi connectivity index (χ0n) is 12.3. The first kappa shape index (κ1) is 14.7. The van der Waals surface area contributed by atoms with Crippen molar-refractivity contribution in [1.82, 2.24) is 5.32 Å². The summed E-state index contributed by atoms with van der Waals surface area (Å²) in [7, 11) is 0. The highest BCUT2D eigenvalue weighted by atomic mass is 35.5. The van der Waals surface area contributed by atoms with Gasteiger partial charge in [-0.3, -0.25) is 0 Å². The van der Waals surface area contributed by atoms with Crippen LogP contribution in [0.25, 0.3) is 0 Å². The monoisotopic (exact) mass is 311 g/mol. The Kier molecular flexibility index (Phi) is 4.05. The second kappa shape index (κ2) is 5.51.